The third-order valence-electron chi connectivity index (χ3n) is 3.00. The van der Waals surface area contributed by atoms with Gasteiger partial charge in [0.05, 0.1) is 15.1 Å². The van der Waals surface area contributed by atoms with E-state index in [-0.39, 0.29) is 21.9 Å². The van der Waals surface area contributed by atoms with Crippen LogP contribution in [0.15, 0.2) is 47.3 Å². The van der Waals surface area contributed by atoms with Crippen LogP contribution in [0.25, 0.3) is 10.2 Å². The fraction of sp³-hybridized carbons (Fsp3) is 0. The number of nitrogens with one attached hydrogen (secondary N) is 1. The molecule has 21 heavy (non-hydrogen) atoms. The summed E-state index contributed by atoms with van der Waals surface area (Å²) in [5.74, 6) is -0.318. The zero-order chi connectivity index (χ0) is 15.0. The molecule has 104 valence electrons. The van der Waals surface area contributed by atoms with Crippen LogP contribution in [0.5, 0.6) is 0 Å². The summed E-state index contributed by atoms with van der Waals surface area (Å²) < 4.78 is 0.677. The number of H-pyrrole nitrogens is 1. The van der Waals surface area contributed by atoms with Crippen molar-refractivity contribution in [2.45, 2.75) is 0 Å². The maximum atomic E-state index is 12.4. The van der Waals surface area contributed by atoms with Crippen LogP contribution in [0.4, 0.5) is 5.69 Å². The number of fused-ring (bicyclic) bond motifs is 1. The number of ketones is 1. The third kappa shape index (κ3) is 2.46. The highest BCUT2D eigenvalue weighted by Crippen LogP contribution is 2.20. The zero-order valence-electron chi connectivity index (χ0n) is 10.5. The van der Waals surface area contributed by atoms with Crippen LogP contribution in [0.1, 0.15) is 15.9 Å². The Morgan fingerprint density at radius 1 is 1.14 bits per heavy atom. The molecule has 0 atom stereocenters. The predicted octanol–water partition coefficient (Wildman–Crippen LogP) is 2.73. The number of non-ortho nitro benzene ring substituents is 1. The molecular formula is C14H8N2O4S. The van der Waals surface area contributed by atoms with Gasteiger partial charge in [-0.15, -0.1) is 0 Å². The summed E-state index contributed by atoms with van der Waals surface area (Å²) in [5.41, 5.74) is 1.17. The van der Waals surface area contributed by atoms with Gasteiger partial charge in [0.25, 0.3) is 5.69 Å². The maximum Gasteiger partial charge on any atom is 0.305 e. The minimum absolute atomic E-state index is 0.131. The third-order valence-corrected chi connectivity index (χ3v) is 3.85. The van der Waals surface area contributed by atoms with E-state index in [9.17, 15) is 19.7 Å². The van der Waals surface area contributed by atoms with Crippen molar-refractivity contribution in [1.82, 2.24) is 4.98 Å². The van der Waals surface area contributed by atoms with Crippen molar-refractivity contribution in [1.29, 1.82) is 0 Å². The van der Waals surface area contributed by atoms with Gasteiger partial charge < -0.3 is 4.98 Å². The number of hydrogen-bond donors (Lipinski definition) is 1. The lowest BCUT2D eigenvalue weighted by Gasteiger charge is -2.01. The van der Waals surface area contributed by atoms with E-state index in [1.165, 1.54) is 24.3 Å². The van der Waals surface area contributed by atoms with E-state index in [0.717, 1.165) is 11.3 Å². The smallest absolute Gasteiger partial charge is 0.305 e. The lowest BCUT2D eigenvalue weighted by molar-refractivity contribution is -0.384. The molecule has 2 aromatic carbocycles. The average molecular weight is 300 g/mol. The highest BCUT2D eigenvalue weighted by molar-refractivity contribution is 7.16. The van der Waals surface area contributed by atoms with E-state index in [1.54, 1.807) is 18.2 Å². The number of carbonyl (C=O) groups excluding carboxylic acids is 1. The molecule has 0 aliphatic carbocycles. The van der Waals surface area contributed by atoms with Crippen LogP contribution in [0.3, 0.4) is 0 Å². The molecular weight excluding hydrogens is 292 g/mol. The molecule has 1 heterocycles. The van der Waals surface area contributed by atoms with Gasteiger partial charge in [0.2, 0.25) is 0 Å². The Morgan fingerprint density at radius 2 is 1.90 bits per heavy atom. The van der Waals surface area contributed by atoms with Crippen molar-refractivity contribution in [3.8, 4) is 0 Å². The van der Waals surface area contributed by atoms with E-state index in [0.29, 0.717) is 15.8 Å². The van der Waals surface area contributed by atoms with Gasteiger partial charge in [-0.25, -0.2) is 0 Å². The van der Waals surface area contributed by atoms with Gasteiger partial charge in [0.15, 0.2) is 5.78 Å². The Hall–Kier alpha value is -2.80. The molecule has 3 rings (SSSR count). The Labute approximate surface area is 121 Å². The van der Waals surface area contributed by atoms with Gasteiger partial charge in [-0.2, -0.15) is 0 Å². The molecule has 0 saturated heterocycles. The minimum Gasteiger partial charge on any atom is -0.312 e. The first kappa shape index (κ1) is 13.2. The van der Waals surface area contributed by atoms with Crippen molar-refractivity contribution in [2.75, 3.05) is 0 Å². The largest absolute Gasteiger partial charge is 0.312 e. The maximum absolute atomic E-state index is 12.4. The van der Waals surface area contributed by atoms with Crippen LogP contribution in [0, 0.1) is 10.1 Å². The van der Waals surface area contributed by atoms with Crippen LogP contribution in [-0.2, 0) is 0 Å². The van der Waals surface area contributed by atoms with Crippen LogP contribution < -0.4 is 4.87 Å². The quantitative estimate of drug-likeness (QED) is 0.457. The predicted molar refractivity (Wildman–Crippen MR) is 79.0 cm³/mol. The fourth-order valence-electron chi connectivity index (χ4n) is 2.01. The van der Waals surface area contributed by atoms with Gasteiger partial charge in [-0.3, -0.25) is 19.7 Å². The first-order valence-electron chi connectivity index (χ1n) is 5.96. The molecule has 0 aliphatic rings. The zero-order valence-corrected chi connectivity index (χ0v) is 11.3. The Bertz CT molecular complexity index is 926. The number of nitro benzene ring substituents is 1. The molecule has 0 amide bonds. The van der Waals surface area contributed by atoms with Gasteiger partial charge in [0, 0.05) is 23.3 Å². The molecule has 6 nitrogen and oxygen atoms in total. The van der Waals surface area contributed by atoms with E-state index < -0.39 is 4.92 Å². The summed E-state index contributed by atoms with van der Waals surface area (Å²) in [6.07, 6.45) is 0. The minimum atomic E-state index is -0.544. The number of aromatic amines is 1. The number of thiazole rings is 1. The van der Waals surface area contributed by atoms with Crippen LogP contribution >= 0.6 is 11.3 Å². The summed E-state index contributed by atoms with van der Waals surface area (Å²) >= 11 is 1.02. The highest BCUT2D eigenvalue weighted by atomic mass is 32.1. The fourth-order valence-corrected chi connectivity index (χ4v) is 2.79. The molecule has 1 aromatic heterocycles. The van der Waals surface area contributed by atoms with E-state index in [2.05, 4.69) is 4.98 Å². The number of nitro groups is 1. The lowest BCUT2D eigenvalue weighted by atomic mass is 10.0. The van der Waals surface area contributed by atoms with E-state index in [1.807, 2.05) is 0 Å². The normalized spacial score (nSPS) is 10.7. The first-order valence-corrected chi connectivity index (χ1v) is 6.78. The average Bonchev–Trinajstić information content (AvgIpc) is 2.85. The van der Waals surface area contributed by atoms with Crippen molar-refractivity contribution >= 4 is 33.0 Å². The molecule has 0 spiro atoms. The number of nitrogens with zero attached hydrogens (tertiary/aromatic N) is 1. The second-order valence-electron chi connectivity index (χ2n) is 4.36. The molecule has 0 fully saturated rings. The number of rotatable bonds is 3. The van der Waals surface area contributed by atoms with Crippen molar-refractivity contribution in [3.05, 3.63) is 73.4 Å². The summed E-state index contributed by atoms with van der Waals surface area (Å²) in [5, 5.41) is 10.7. The summed E-state index contributed by atoms with van der Waals surface area (Å²) in [6, 6.07) is 10.4. The standard InChI is InChI=1S/C14H8N2O4S/c17-13(8-2-1-3-10(6-8)16(19)20)9-4-5-11-12(7-9)21-14(18)15-11/h1-7H,(H,15,18). The van der Waals surface area contributed by atoms with Gasteiger partial charge in [0.1, 0.15) is 0 Å². The number of carbonyl (C=O) groups is 1. The van der Waals surface area contributed by atoms with Crippen LogP contribution in [-0.4, -0.2) is 15.7 Å². The van der Waals surface area contributed by atoms with Crippen LogP contribution in [0.2, 0.25) is 0 Å². The topological polar surface area (TPSA) is 93.1 Å². The Morgan fingerprint density at radius 3 is 2.67 bits per heavy atom. The number of aromatic nitrogens is 1. The molecule has 0 aliphatic heterocycles. The molecule has 0 unspecified atom stereocenters. The van der Waals surface area contributed by atoms with Gasteiger partial charge in [-0.05, 0) is 18.2 Å². The molecule has 0 bridgehead atoms. The molecule has 1 N–H and O–H groups in total. The first-order chi connectivity index (χ1) is 10.0. The van der Waals surface area contributed by atoms with Crippen molar-refractivity contribution < 1.29 is 9.72 Å². The summed E-state index contributed by atoms with van der Waals surface area (Å²) in [4.78, 5) is 36.3. The van der Waals surface area contributed by atoms with E-state index >= 15 is 0 Å². The molecule has 7 heteroatoms. The van der Waals surface area contributed by atoms with Crippen molar-refractivity contribution in [3.63, 3.8) is 0 Å². The molecule has 3 aromatic rings. The van der Waals surface area contributed by atoms with Crippen molar-refractivity contribution in [2.24, 2.45) is 0 Å². The number of hydrogen-bond acceptors (Lipinski definition) is 5. The molecule has 0 radical (unpaired) electrons. The Balaban J connectivity index is 2.05. The summed E-state index contributed by atoms with van der Waals surface area (Å²) in [7, 11) is 0. The number of benzene rings is 2. The molecule has 0 saturated carbocycles. The Kier molecular flexibility index (Phi) is 3.11. The second kappa shape index (κ2) is 4.95. The monoisotopic (exact) mass is 300 g/mol. The van der Waals surface area contributed by atoms with Gasteiger partial charge in [-0.1, -0.05) is 23.5 Å². The lowest BCUT2D eigenvalue weighted by Crippen LogP contribution is -2.01. The SMILES string of the molecule is O=C(c1cccc([N+](=O)[O-])c1)c1ccc2[nH]c(=O)sc2c1. The summed E-state index contributed by atoms with van der Waals surface area (Å²) in [6.45, 7) is 0. The van der Waals surface area contributed by atoms with Gasteiger partial charge >= 0.3 is 4.87 Å². The van der Waals surface area contributed by atoms with E-state index in [4.69, 9.17) is 0 Å². The highest BCUT2D eigenvalue weighted by Gasteiger charge is 2.14. The second-order valence-corrected chi connectivity index (χ2v) is 5.38.